The Morgan fingerprint density at radius 2 is 1.93 bits per heavy atom. The van der Waals surface area contributed by atoms with Gasteiger partial charge >= 0.3 is 5.88 Å². The molecular weight excluding hydrogens is 374 g/mol. The number of hydrogen-bond acceptors (Lipinski definition) is 7. The Morgan fingerprint density at radius 1 is 1.11 bits per heavy atom. The van der Waals surface area contributed by atoms with Gasteiger partial charge in [0, 0.05) is 23.0 Å². The Kier molecular flexibility index (Phi) is 3.89. The molecule has 1 N–H and O–H groups in total. The maximum atomic E-state index is 12.6. The Bertz CT molecular complexity index is 1210. The summed E-state index contributed by atoms with van der Waals surface area (Å²) in [5.41, 5.74) is 0.680. The van der Waals surface area contributed by atoms with Gasteiger partial charge in [-0.3, -0.25) is 24.5 Å². The van der Waals surface area contributed by atoms with E-state index in [0.29, 0.717) is 28.4 Å². The Balaban J connectivity index is 1.68. The highest BCUT2D eigenvalue weighted by Crippen LogP contribution is 2.36. The molecule has 0 atom stereocenters. The molecule has 0 saturated carbocycles. The van der Waals surface area contributed by atoms with E-state index in [1.807, 2.05) is 0 Å². The summed E-state index contributed by atoms with van der Waals surface area (Å²) in [6.07, 6.45) is 1.29. The predicted molar refractivity (Wildman–Crippen MR) is 98.4 cm³/mol. The van der Waals surface area contributed by atoms with Crippen molar-refractivity contribution in [3.05, 3.63) is 73.6 Å². The number of benzene rings is 1. The molecule has 0 spiro atoms. The minimum absolute atomic E-state index is 0.0887. The largest absolute Gasteiger partial charge is 0.433 e. The highest BCUT2D eigenvalue weighted by molar-refractivity contribution is 8.19. The number of carbonyl (C=O) groups excluding carboxylic acids is 2. The molecule has 1 saturated heterocycles. The van der Waals surface area contributed by atoms with Gasteiger partial charge < -0.3 is 9.40 Å². The van der Waals surface area contributed by atoms with Crippen molar-refractivity contribution in [2.24, 2.45) is 0 Å². The normalized spacial score (nSPS) is 15.9. The van der Waals surface area contributed by atoms with E-state index in [1.165, 1.54) is 24.3 Å². The first kappa shape index (κ1) is 16.8. The van der Waals surface area contributed by atoms with E-state index in [0.717, 1.165) is 4.90 Å². The molecule has 10 heteroatoms. The number of nitrogens with one attached hydrogen (secondary N) is 1. The summed E-state index contributed by atoms with van der Waals surface area (Å²) >= 11 is 0.708. The van der Waals surface area contributed by atoms with Crippen LogP contribution >= 0.6 is 11.8 Å². The number of pyridine rings is 1. The molecule has 2 amide bonds. The van der Waals surface area contributed by atoms with Gasteiger partial charge in [-0.05, 0) is 42.1 Å². The lowest BCUT2D eigenvalue weighted by molar-refractivity contribution is -0.402. The zero-order chi connectivity index (χ0) is 19.1. The summed E-state index contributed by atoms with van der Waals surface area (Å²) in [7, 11) is 0. The van der Waals surface area contributed by atoms with Crippen LogP contribution < -0.4 is 10.5 Å². The maximum Gasteiger partial charge on any atom is 0.433 e. The third-order valence-corrected chi connectivity index (χ3v) is 4.69. The summed E-state index contributed by atoms with van der Waals surface area (Å²) in [6, 6.07) is 10.2. The van der Waals surface area contributed by atoms with Gasteiger partial charge in [-0.1, -0.05) is 0 Å². The fourth-order valence-electron chi connectivity index (χ4n) is 2.62. The number of aromatic nitrogens is 1. The summed E-state index contributed by atoms with van der Waals surface area (Å²) in [5, 5.41) is 10.8. The molecule has 1 aliphatic rings. The number of hydrogen-bond donors (Lipinski definition) is 1. The van der Waals surface area contributed by atoms with E-state index >= 15 is 0 Å². The van der Waals surface area contributed by atoms with Crippen LogP contribution in [0.15, 0.2) is 56.6 Å². The number of nitro groups is 1. The molecule has 4 rings (SSSR count). The van der Waals surface area contributed by atoms with Gasteiger partial charge in [0.1, 0.15) is 10.7 Å². The van der Waals surface area contributed by atoms with Crippen molar-refractivity contribution in [3.8, 4) is 0 Å². The third-order valence-electron chi connectivity index (χ3n) is 3.83. The van der Waals surface area contributed by atoms with Gasteiger partial charge in [0.05, 0.1) is 16.7 Å². The van der Waals surface area contributed by atoms with Crippen LogP contribution in [0.25, 0.3) is 17.0 Å². The lowest BCUT2D eigenvalue weighted by Gasteiger charge is -2.13. The van der Waals surface area contributed by atoms with Crippen molar-refractivity contribution in [1.29, 1.82) is 0 Å². The van der Waals surface area contributed by atoms with Crippen LogP contribution in [0.4, 0.5) is 16.4 Å². The molecule has 1 fully saturated rings. The Hall–Kier alpha value is -3.66. The smallest absolute Gasteiger partial charge is 0.401 e. The number of imide groups is 1. The summed E-state index contributed by atoms with van der Waals surface area (Å²) in [4.78, 5) is 50.0. The molecule has 134 valence electrons. The summed E-state index contributed by atoms with van der Waals surface area (Å²) in [5.74, 6) is -0.917. The highest BCUT2D eigenvalue weighted by Gasteiger charge is 2.36. The van der Waals surface area contributed by atoms with Crippen molar-refractivity contribution < 1.29 is 18.9 Å². The van der Waals surface area contributed by atoms with Gasteiger partial charge in [-0.15, -0.1) is 0 Å². The first-order valence-corrected chi connectivity index (χ1v) is 8.39. The van der Waals surface area contributed by atoms with Crippen LogP contribution in [0, 0.1) is 10.1 Å². The number of nitrogens with zero attached hydrogens (tertiary/aromatic N) is 2. The van der Waals surface area contributed by atoms with Crippen molar-refractivity contribution in [2.75, 3.05) is 4.90 Å². The fourth-order valence-corrected chi connectivity index (χ4v) is 3.44. The third kappa shape index (κ3) is 3.02. The molecule has 2 aromatic heterocycles. The first-order chi connectivity index (χ1) is 12.9. The Labute approximate surface area is 154 Å². The number of aromatic amines is 1. The van der Waals surface area contributed by atoms with Gasteiger partial charge in [-0.2, -0.15) is 0 Å². The molecule has 1 aromatic carbocycles. The number of carbonyl (C=O) groups is 2. The molecule has 0 unspecified atom stereocenters. The maximum absolute atomic E-state index is 12.6. The molecule has 27 heavy (non-hydrogen) atoms. The predicted octanol–water partition coefficient (Wildman–Crippen LogP) is 3.27. The van der Waals surface area contributed by atoms with Gasteiger partial charge in [0.2, 0.25) is 5.56 Å². The highest BCUT2D eigenvalue weighted by atomic mass is 32.2. The van der Waals surface area contributed by atoms with Crippen molar-refractivity contribution >= 4 is 51.5 Å². The van der Waals surface area contributed by atoms with Gasteiger partial charge in [-0.25, -0.2) is 4.90 Å². The number of H-pyrrole nitrogens is 1. The molecule has 3 aromatic rings. The zero-order valence-electron chi connectivity index (χ0n) is 13.4. The Morgan fingerprint density at radius 3 is 2.67 bits per heavy atom. The second-order valence-corrected chi connectivity index (χ2v) is 6.54. The van der Waals surface area contributed by atoms with Crippen LogP contribution in [-0.2, 0) is 4.79 Å². The van der Waals surface area contributed by atoms with E-state index in [2.05, 4.69) is 4.98 Å². The topological polar surface area (TPSA) is 127 Å². The molecule has 9 nitrogen and oxygen atoms in total. The molecule has 0 aliphatic carbocycles. The number of anilines is 1. The monoisotopic (exact) mass is 383 g/mol. The van der Waals surface area contributed by atoms with Crippen LogP contribution in [0.1, 0.15) is 5.76 Å². The van der Waals surface area contributed by atoms with E-state index in [4.69, 9.17) is 4.42 Å². The average molecular weight is 383 g/mol. The van der Waals surface area contributed by atoms with E-state index in [-0.39, 0.29) is 16.2 Å². The number of amides is 2. The summed E-state index contributed by atoms with van der Waals surface area (Å²) < 4.78 is 5.00. The van der Waals surface area contributed by atoms with Crippen LogP contribution in [0.5, 0.6) is 0 Å². The minimum Gasteiger partial charge on any atom is -0.401 e. The van der Waals surface area contributed by atoms with Crippen LogP contribution in [-0.4, -0.2) is 21.1 Å². The van der Waals surface area contributed by atoms with Gasteiger partial charge in [0.25, 0.3) is 11.1 Å². The number of fused-ring (bicyclic) bond motifs is 1. The van der Waals surface area contributed by atoms with Gasteiger partial charge in [0.15, 0.2) is 0 Å². The lowest BCUT2D eigenvalue weighted by Crippen LogP contribution is -2.27. The quantitative estimate of drug-likeness (QED) is 0.418. The molecule has 0 bridgehead atoms. The first-order valence-electron chi connectivity index (χ1n) is 7.58. The molecule has 1 aliphatic heterocycles. The van der Waals surface area contributed by atoms with Crippen LogP contribution in [0.2, 0.25) is 0 Å². The molecule has 3 heterocycles. The van der Waals surface area contributed by atoms with E-state index in [9.17, 15) is 24.5 Å². The molecular formula is C17H9N3O6S. The SMILES string of the molecule is O=C1S/C(=C\c2ccc([N+](=O)[O-])o2)C(=O)N1c1ccc2[nH]c(=O)ccc2c1. The zero-order valence-corrected chi connectivity index (χ0v) is 14.2. The average Bonchev–Trinajstić information content (AvgIpc) is 3.20. The number of thioether (sulfide) groups is 1. The number of rotatable bonds is 3. The van der Waals surface area contributed by atoms with Crippen molar-refractivity contribution in [3.63, 3.8) is 0 Å². The molecule has 0 radical (unpaired) electrons. The second kappa shape index (κ2) is 6.25. The van der Waals surface area contributed by atoms with E-state index in [1.54, 1.807) is 24.3 Å². The van der Waals surface area contributed by atoms with Crippen molar-refractivity contribution in [2.45, 2.75) is 0 Å². The standard InChI is InChI=1S/C17H9N3O6S/c21-14-5-1-9-7-10(2-4-12(9)18-14)19-16(22)13(27-17(19)23)8-11-3-6-15(26-11)20(24)25/h1-8H,(H,18,21)/b13-8-. The lowest BCUT2D eigenvalue weighted by atomic mass is 10.2. The second-order valence-electron chi connectivity index (χ2n) is 5.54. The number of furan rings is 1. The minimum atomic E-state index is -0.692. The summed E-state index contributed by atoms with van der Waals surface area (Å²) in [6.45, 7) is 0. The van der Waals surface area contributed by atoms with Crippen LogP contribution in [0.3, 0.4) is 0 Å². The van der Waals surface area contributed by atoms with E-state index < -0.39 is 22.0 Å². The van der Waals surface area contributed by atoms with Crippen molar-refractivity contribution in [1.82, 2.24) is 4.98 Å². The fraction of sp³-hybridized carbons (Fsp3) is 0.